The van der Waals surface area contributed by atoms with Gasteiger partial charge in [-0.2, -0.15) is 26.3 Å². The Morgan fingerprint density at radius 1 is 0.903 bits per heavy atom. The summed E-state index contributed by atoms with van der Waals surface area (Å²) in [6.07, 6.45) is -10.3. The van der Waals surface area contributed by atoms with Gasteiger partial charge < -0.3 is 10.1 Å². The summed E-state index contributed by atoms with van der Waals surface area (Å²) in [5.41, 5.74) is -1.63. The van der Waals surface area contributed by atoms with Gasteiger partial charge in [-0.1, -0.05) is 18.2 Å². The lowest BCUT2D eigenvalue weighted by Crippen LogP contribution is -2.43. The summed E-state index contributed by atoms with van der Waals surface area (Å²) in [7, 11) is 1.05. The first-order chi connectivity index (χ1) is 14.2. The predicted molar refractivity (Wildman–Crippen MR) is 99.3 cm³/mol. The van der Waals surface area contributed by atoms with E-state index in [0.717, 1.165) is 18.2 Å². The summed E-state index contributed by atoms with van der Waals surface area (Å²) in [6.45, 7) is 3.69. The first kappa shape index (κ1) is 24.2. The van der Waals surface area contributed by atoms with E-state index < -0.39 is 47.0 Å². The molecule has 0 bridgehead atoms. The number of carbonyl (C=O) groups excluding carboxylic acids is 2. The van der Waals surface area contributed by atoms with Crippen LogP contribution >= 0.6 is 0 Å². The molecule has 0 heterocycles. The standard InChI is InChI=1S/C21H19F6NO3/c1-11-4-5-13(6-12(11)2)7-17(19(30)31-3)28-18(29)14-8-15(20(22,23)24)10-16(9-14)21(25,26)27/h4-6,8-10,17H,7H2,1-3H3,(H,28,29)/t17-/m1/s1. The van der Waals surface area contributed by atoms with Crippen LogP contribution in [0.15, 0.2) is 36.4 Å². The van der Waals surface area contributed by atoms with E-state index in [4.69, 9.17) is 0 Å². The third kappa shape index (κ3) is 6.22. The van der Waals surface area contributed by atoms with Gasteiger partial charge >= 0.3 is 18.3 Å². The summed E-state index contributed by atoms with van der Waals surface area (Å²) in [5, 5.41) is 2.18. The minimum atomic E-state index is -5.10. The van der Waals surface area contributed by atoms with Crippen molar-refractivity contribution in [1.82, 2.24) is 5.32 Å². The summed E-state index contributed by atoms with van der Waals surface area (Å²) in [6, 6.07) is 4.43. The Kier molecular flexibility index (Phi) is 7.03. The lowest BCUT2D eigenvalue weighted by Gasteiger charge is -2.19. The number of aryl methyl sites for hydroxylation is 2. The Morgan fingerprint density at radius 2 is 1.45 bits per heavy atom. The van der Waals surface area contributed by atoms with Gasteiger partial charge in [-0.3, -0.25) is 4.79 Å². The Bertz CT molecular complexity index is 950. The van der Waals surface area contributed by atoms with E-state index in [2.05, 4.69) is 10.1 Å². The van der Waals surface area contributed by atoms with E-state index in [1.54, 1.807) is 18.2 Å². The van der Waals surface area contributed by atoms with Crippen molar-refractivity contribution in [3.05, 3.63) is 69.8 Å². The van der Waals surface area contributed by atoms with Gasteiger partial charge in [-0.15, -0.1) is 0 Å². The molecule has 1 N–H and O–H groups in total. The highest BCUT2D eigenvalue weighted by molar-refractivity contribution is 5.97. The molecule has 2 aromatic carbocycles. The molecule has 0 radical (unpaired) electrons. The first-order valence-electron chi connectivity index (χ1n) is 8.96. The van der Waals surface area contributed by atoms with Crippen LogP contribution in [-0.4, -0.2) is 25.0 Å². The van der Waals surface area contributed by atoms with Crippen LogP contribution in [0, 0.1) is 13.8 Å². The number of amides is 1. The second kappa shape index (κ2) is 8.99. The predicted octanol–water partition coefficient (Wildman–Crippen LogP) is 4.86. The van der Waals surface area contributed by atoms with Crippen molar-refractivity contribution in [3.8, 4) is 0 Å². The van der Waals surface area contributed by atoms with E-state index in [1.165, 1.54) is 0 Å². The smallest absolute Gasteiger partial charge is 0.416 e. The second-order valence-corrected chi connectivity index (χ2v) is 6.97. The van der Waals surface area contributed by atoms with Crippen LogP contribution in [-0.2, 0) is 28.3 Å². The van der Waals surface area contributed by atoms with Crippen LogP contribution in [0.4, 0.5) is 26.3 Å². The van der Waals surface area contributed by atoms with E-state index in [-0.39, 0.29) is 12.5 Å². The normalized spacial score (nSPS) is 12.9. The molecule has 0 unspecified atom stereocenters. The Balaban J connectivity index is 2.38. The van der Waals surface area contributed by atoms with Crippen molar-refractivity contribution in [1.29, 1.82) is 0 Å². The molecule has 31 heavy (non-hydrogen) atoms. The maximum absolute atomic E-state index is 13.0. The van der Waals surface area contributed by atoms with Crippen LogP contribution in [0.2, 0.25) is 0 Å². The Labute approximate surface area is 174 Å². The fourth-order valence-corrected chi connectivity index (χ4v) is 2.83. The number of carbonyl (C=O) groups is 2. The number of hydrogen-bond acceptors (Lipinski definition) is 3. The Hall–Kier alpha value is -3.04. The fraction of sp³-hybridized carbons (Fsp3) is 0.333. The maximum atomic E-state index is 13.0. The third-order valence-electron chi connectivity index (χ3n) is 4.65. The summed E-state index contributed by atoms with van der Waals surface area (Å²) >= 11 is 0. The monoisotopic (exact) mass is 447 g/mol. The number of nitrogens with one attached hydrogen (secondary N) is 1. The van der Waals surface area contributed by atoms with Crippen LogP contribution in [0.5, 0.6) is 0 Å². The van der Waals surface area contributed by atoms with Crippen LogP contribution < -0.4 is 5.32 Å². The number of alkyl halides is 6. The number of hydrogen-bond donors (Lipinski definition) is 1. The Morgan fingerprint density at radius 3 is 1.90 bits per heavy atom. The highest BCUT2D eigenvalue weighted by atomic mass is 19.4. The highest BCUT2D eigenvalue weighted by Gasteiger charge is 2.37. The quantitative estimate of drug-likeness (QED) is 0.527. The molecule has 0 saturated heterocycles. The molecule has 1 atom stereocenters. The zero-order chi connectivity index (χ0) is 23.6. The molecule has 2 aromatic rings. The van der Waals surface area contributed by atoms with Gasteiger partial charge in [0, 0.05) is 12.0 Å². The van der Waals surface area contributed by atoms with Crippen molar-refractivity contribution in [2.45, 2.75) is 38.7 Å². The summed E-state index contributed by atoms with van der Waals surface area (Å²) < 4.78 is 82.8. The molecule has 4 nitrogen and oxygen atoms in total. The minimum Gasteiger partial charge on any atom is -0.467 e. The molecule has 0 saturated carbocycles. The van der Waals surface area contributed by atoms with Crippen LogP contribution in [0.25, 0.3) is 0 Å². The molecule has 0 fully saturated rings. The molecule has 0 aromatic heterocycles. The SMILES string of the molecule is COC(=O)[C@@H](Cc1ccc(C)c(C)c1)NC(=O)c1cc(C(F)(F)F)cc(C(F)(F)F)c1. The lowest BCUT2D eigenvalue weighted by molar-refractivity contribution is -0.144. The maximum Gasteiger partial charge on any atom is 0.416 e. The average Bonchev–Trinajstić information content (AvgIpc) is 2.67. The van der Waals surface area contributed by atoms with Gasteiger partial charge in [0.25, 0.3) is 5.91 Å². The van der Waals surface area contributed by atoms with E-state index in [9.17, 15) is 35.9 Å². The van der Waals surface area contributed by atoms with Crippen molar-refractivity contribution < 1.29 is 40.7 Å². The van der Waals surface area contributed by atoms with Crippen LogP contribution in [0.3, 0.4) is 0 Å². The summed E-state index contributed by atoms with van der Waals surface area (Å²) in [4.78, 5) is 24.6. The third-order valence-corrected chi connectivity index (χ3v) is 4.65. The number of esters is 1. The molecule has 0 aliphatic rings. The van der Waals surface area contributed by atoms with Crippen molar-refractivity contribution in [2.75, 3.05) is 7.11 Å². The van der Waals surface area contributed by atoms with E-state index in [1.807, 2.05) is 13.8 Å². The average molecular weight is 447 g/mol. The van der Waals surface area contributed by atoms with Gasteiger partial charge in [0.2, 0.25) is 0 Å². The largest absolute Gasteiger partial charge is 0.467 e. The zero-order valence-electron chi connectivity index (χ0n) is 16.7. The van der Waals surface area contributed by atoms with Crippen LogP contribution in [0.1, 0.15) is 38.2 Å². The molecule has 168 valence electrons. The molecule has 2 rings (SSSR count). The van der Waals surface area contributed by atoms with Gasteiger partial charge in [0.1, 0.15) is 6.04 Å². The molecule has 0 spiro atoms. The number of rotatable bonds is 5. The lowest BCUT2D eigenvalue weighted by atomic mass is 10.00. The van der Waals surface area contributed by atoms with Gasteiger partial charge in [-0.05, 0) is 48.7 Å². The molecule has 10 heteroatoms. The van der Waals surface area contributed by atoms with Crippen molar-refractivity contribution >= 4 is 11.9 Å². The zero-order valence-corrected chi connectivity index (χ0v) is 16.7. The topological polar surface area (TPSA) is 55.4 Å². The van der Waals surface area contributed by atoms with Gasteiger partial charge in [0.15, 0.2) is 0 Å². The highest BCUT2D eigenvalue weighted by Crippen LogP contribution is 2.36. The number of ether oxygens (including phenoxy) is 1. The van der Waals surface area contributed by atoms with E-state index in [0.29, 0.717) is 17.7 Å². The number of methoxy groups -OCH3 is 1. The molecule has 1 amide bonds. The summed E-state index contributed by atoms with van der Waals surface area (Å²) in [5.74, 6) is -2.16. The molecular weight excluding hydrogens is 428 g/mol. The van der Waals surface area contributed by atoms with Crippen molar-refractivity contribution in [3.63, 3.8) is 0 Å². The second-order valence-electron chi connectivity index (χ2n) is 6.97. The minimum absolute atomic E-state index is 0.0649. The number of benzene rings is 2. The van der Waals surface area contributed by atoms with E-state index >= 15 is 0 Å². The molecule has 0 aliphatic heterocycles. The number of halogens is 6. The molecular formula is C21H19F6NO3. The van der Waals surface area contributed by atoms with Gasteiger partial charge in [0.05, 0.1) is 18.2 Å². The molecule has 0 aliphatic carbocycles. The van der Waals surface area contributed by atoms with Crippen molar-refractivity contribution in [2.24, 2.45) is 0 Å². The fourth-order valence-electron chi connectivity index (χ4n) is 2.83. The first-order valence-corrected chi connectivity index (χ1v) is 8.96. The van der Waals surface area contributed by atoms with Gasteiger partial charge in [-0.25, -0.2) is 4.79 Å².